The monoisotopic (exact) mass is 296 g/mol. The molecule has 0 saturated carbocycles. The number of nitrogens with zero attached hydrogens (tertiary/aromatic N) is 2. The van der Waals surface area contributed by atoms with Gasteiger partial charge in [0.25, 0.3) is 5.91 Å². The summed E-state index contributed by atoms with van der Waals surface area (Å²) < 4.78 is 5.77. The SMILES string of the molecule is Cc1ccc(C(=O)N2CC(C)OCC2c2ccccc2)cn1. The predicted octanol–water partition coefficient (Wildman–Crippen LogP) is 2.99. The number of ether oxygens (including phenoxy) is 1. The summed E-state index contributed by atoms with van der Waals surface area (Å²) in [5.74, 6) is 0.0107. The lowest BCUT2D eigenvalue weighted by Gasteiger charge is -2.39. The molecule has 2 heterocycles. The molecule has 114 valence electrons. The summed E-state index contributed by atoms with van der Waals surface area (Å²) in [5.41, 5.74) is 2.63. The zero-order valence-electron chi connectivity index (χ0n) is 12.9. The molecule has 3 rings (SSSR count). The number of amides is 1. The highest BCUT2D eigenvalue weighted by Gasteiger charge is 2.32. The molecule has 1 aromatic carbocycles. The third-order valence-corrected chi connectivity index (χ3v) is 3.97. The number of rotatable bonds is 2. The van der Waals surface area contributed by atoms with Crippen LogP contribution in [0.3, 0.4) is 0 Å². The Bertz CT molecular complexity index is 640. The summed E-state index contributed by atoms with van der Waals surface area (Å²) in [4.78, 5) is 19.0. The first kappa shape index (κ1) is 14.7. The number of aryl methyl sites for hydroxylation is 1. The van der Waals surface area contributed by atoms with E-state index in [0.29, 0.717) is 18.7 Å². The Hall–Kier alpha value is -2.20. The number of benzene rings is 1. The van der Waals surface area contributed by atoms with Crippen molar-refractivity contribution in [2.24, 2.45) is 0 Å². The second-order valence-corrected chi connectivity index (χ2v) is 5.72. The molecule has 0 N–H and O–H groups in total. The number of aromatic nitrogens is 1. The van der Waals surface area contributed by atoms with Crippen LogP contribution in [0.5, 0.6) is 0 Å². The summed E-state index contributed by atoms with van der Waals surface area (Å²) in [6, 6.07) is 13.7. The second-order valence-electron chi connectivity index (χ2n) is 5.72. The summed E-state index contributed by atoms with van der Waals surface area (Å²) in [6.45, 7) is 5.02. The van der Waals surface area contributed by atoms with Crippen molar-refractivity contribution in [2.45, 2.75) is 26.0 Å². The number of carbonyl (C=O) groups excluding carboxylic acids is 1. The Kier molecular flexibility index (Phi) is 4.20. The molecule has 1 aliphatic heterocycles. The van der Waals surface area contributed by atoms with Crippen molar-refractivity contribution >= 4 is 5.91 Å². The molecule has 2 aromatic rings. The van der Waals surface area contributed by atoms with Crippen LogP contribution in [0.2, 0.25) is 0 Å². The zero-order chi connectivity index (χ0) is 15.5. The van der Waals surface area contributed by atoms with E-state index in [2.05, 4.69) is 4.98 Å². The van der Waals surface area contributed by atoms with E-state index < -0.39 is 0 Å². The Morgan fingerprint density at radius 2 is 2.00 bits per heavy atom. The molecule has 4 heteroatoms. The highest BCUT2D eigenvalue weighted by Crippen LogP contribution is 2.27. The molecule has 4 nitrogen and oxygen atoms in total. The van der Waals surface area contributed by atoms with Crippen molar-refractivity contribution in [3.63, 3.8) is 0 Å². The first-order valence-corrected chi connectivity index (χ1v) is 7.55. The maximum atomic E-state index is 12.9. The lowest BCUT2D eigenvalue weighted by atomic mass is 10.0. The number of pyridine rings is 1. The van der Waals surface area contributed by atoms with Crippen LogP contribution in [0.1, 0.15) is 34.6 Å². The van der Waals surface area contributed by atoms with Crippen molar-refractivity contribution in [2.75, 3.05) is 13.2 Å². The van der Waals surface area contributed by atoms with Crippen molar-refractivity contribution in [3.8, 4) is 0 Å². The largest absolute Gasteiger partial charge is 0.374 e. The average Bonchev–Trinajstić information content (AvgIpc) is 2.55. The van der Waals surface area contributed by atoms with E-state index in [1.807, 2.05) is 61.2 Å². The molecule has 2 unspecified atom stereocenters. The molecular formula is C18H20N2O2. The van der Waals surface area contributed by atoms with Gasteiger partial charge in [-0.3, -0.25) is 9.78 Å². The van der Waals surface area contributed by atoms with Gasteiger partial charge >= 0.3 is 0 Å². The van der Waals surface area contributed by atoms with Crippen LogP contribution in [0, 0.1) is 6.92 Å². The van der Waals surface area contributed by atoms with Gasteiger partial charge in [0.2, 0.25) is 0 Å². The van der Waals surface area contributed by atoms with Crippen LogP contribution in [0.4, 0.5) is 0 Å². The van der Waals surface area contributed by atoms with E-state index in [4.69, 9.17) is 4.74 Å². The second kappa shape index (κ2) is 6.28. The van der Waals surface area contributed by atoms with Crippen LogP contribution in [-0.2, 0) is 4.74 Å². The minimum atomic E-state index is -0.0498. The fourth-order valence-corrected chi connectivity index (χ4v) is 2.74. The van der Waals surface area contributed by atoms with Gasteiger partial charge in [-0.2, -0.15) is 0 Å². The van der Waals surface area contributed by atoms with Gasteiger partial charge in [0.15, 0.2) is 0 Å². The fourth-order valence-electron chi connectivity index (χ4n) is 2.74. The topological polar surface area (TPSA) is 42.4 Å². The third-order valence-electron chi connectivity index (χ3n) is 3.97. The van der Waals surface area contributed by atoms with Crippen LogP contribution >= 0.6 is 0 Å². The van der Waals surface area contributed by atoms with Gasteiger partial charge in [-0.15, -0.1) is 0 Å². The fraction of sp³-hybridized carbons (Fsp3) is 0.333. The van der Waals surface area contributed by atoms with E-state index in [0.717, 1.165) is 11.3 Å². The third kappa shape index (κ3) is 3.02. The Balaban J connectivity index is 1.90. The first-order chi connectivity index (χ1) is 10.6. The molecule has 1 amide bonds. The number of hydrogen-bond donors (Lipinski definition) is 0. The Labute approximate surface area is 130 Å². The number of carbonyl (C=O) groups is 1. The van der Waals surface area contributed by atoms with Gasteiger partial charge in [0.05, 0.1) is 24.3 Å². The molecule has 0 spiro atoms. The van der Waals surface area contributed by atoms with Gasteiger partial charge < -0.3 is 9.64 Å². The molecule has 1 aliphatic rings. The molecule has 0 aliphatic carbocycles. The number of morpholine rings is 1. The van der Waals surface area contributed by atoms with Crippen molar-refractivity contribution < 1.29 is 9.53 Å². The van der Waals surface area contributed by atoms with E-state index in [1.165, 1.54) is 0 Å². The highest BCUT2D eigenvalue weighted by molar-refractivity contribution is 5.94. The van der Waals surface area contributed by atoms with Crippen LogP contribution < -0.4 is 0 Å². The van der Waals surface area contributed by atoms with Gasteiger partial charge in [-0.05, 0) is 31.5 Å². The van der Waals surface area contributed by atoms with Crippen molar-refractivity contribution in [1.82, 2.24) is 9.88 Å². The molecule has 0 radical (unpaired) electrons. The smallest absolute Gasteiger partial charge is 0.256 e. The average molecular weight is 296 g/mol. The van der Waals surface area contributed by atoms with Crippen LogP contribution in [0.15, 0.2) is 48.7 Å². The minimum Gasteiger partial charge on any atom is -0.374 e. The number of hydrogen-bond acceptors (Lipinski definition) is 3. The van der Waals surface area contributed by atoms with Gasteiger partial charge in [-0.1, -0.05) is 30.3 Å². The maximum absolute atomic E-state index is 12.9. The van der Waals surface area contributed by atoms with Gasteiger partial charge in [0, 0.05) is 18.4 Å². The summed E-state index contributed by atoms with van der Waals surface area (Å²) in [5, 5.41) is 0. The molecular weight excluding hydrogens is 276 g/mol. The van der Waals surface area contributed by atoms with Crippen LogP contribution in [0.25, 0.3) is 0 Å². The summed E-state index contributed by atoms with van der Waals surface area (Å²) in [7, 11) is 0. The lowest BCUT2D eigenvalue weighted by Crippen LogP contribution is -2.46. The van der Waals surface area contributed by atoms with Crippen molar-refractivity contribution in [3.05, 3.63) is 65.5 Å². The van der Waals surface area contributed by atoms with Crippen molar-refractivity contribution in [1.29, 1.82) is 0 Å². The summed E-state index contributed by atoms with van der Waals surface area (Å²) in [6.07, 6.45) is 1.70. The highest BCUT2D eigenvalue weighted by atomic mass is 16.5. The Morgan fingerprint density at radius 1 is 1.23 bits per heavy atom. The molecule has 0 bridgehead atoms. The van der Waals surface area contributed by atoms with Crippen LogP contribution in [-0.4, -0.2) is 35.0 Å². The quantitative estimate of drug-likeness (QED) is 0.855. The normalized spacial score (nSPS) is 21.6. The predicted molar refractivity (Wildman–Crippen MR) is 84.6 cm³/mol. The molecule has 1 saturated heterocycles. The Morgan fingerprint density at radius 3 is 2.68 bits per heavy atom. The lowest BCUT2D eigenvalue weighted by molar-refractivity contribution is -0.0447. The van der Waals surface area contributed by atoms with E-state index in [-0.39, 0.29) is 18.1 Å². The van der Waals surface area contributed by atoms with E-state index in [9.17, 15) is 4.79 Å². The molecule has 1 fully saturated rings. The maximum Gasteiger partial charge on any atom is 0.256 e. The summed E-state index contributed by atoms with van der Waals surface area (Å²) >= 11 is 0. The van der Waals surface area contributed by atoms with Gasteiger partial charge in [-0.25, -0.2) is 0 Å². The standard InChI is InChI=1S/C18H20N2O2/c1-13-8-9-16(10-19-13)18(21)20-11-14(2)22-12-17(20)15-6-4-3-5-7-15/h3-10,14,17H,11-12H2,1-2H3. The molecule has 1 aromatic heterocycles. The zero-order valence-corrected chi connectivity index (χ0v) is 12.9. The van der Waals surface area contributed by atoms with E-state index >= 15 is 0 Å². The minimum absolute atomic E-state index is 0.0107. The first-order valence-electron chi connectivity index (χ1n) is 7.55. The molecule has 2 atom stereocenters. The van der Waals surface area contributed by atoms with Gasteiger partial charge in [0.1, 0.15) is 0 Å². The van der Waals surface area contributed by atoms with E-state index in [1.54, 1.807) is 6.20 Å². The molecule has 22 heavy (non-hydrogen) atoms.